The maximum atomic E-state index is 11.5. The Kier molecular flexibility index (Phi) is 3.64. The van der Waals surface area contributed by atoms with Crippen molar-refractivity contribution in [2.45, 2.75) is 19.9 Å². The zero-order chi connectivity index (χ0) is 9.68. The van der Waals surface area contributed by atoms with Gasteiger partial charge in [0.15, 0.2) is 5.78 Å². The Morgan fingerprint density at radius 1 is 1.69 bits per heavy atom. The average Bonchev–Trinajstić information content (AvgIpc) is 2.61. The maximum absolute atomic E-state index is 11.5. The van der Waals surface area contributed by atoms with E-state index in [4.69, 9.17) is 4.74 Å². The molecule has 0 atom stereocenters. The number of carbonyl (C=O) groups is 1. The molecule has 0 spiro atoms. The first-order valence-electron chi connectivity index (χ1n) is 4.33. The highest BCUT2D eigenvalue weighted by Crippen LogP contribution is 2.02. The molecule has 13 heavy (non-hydrogen) atoms. The van der Waals surface area contributed by atoms with E-state index in [9.17, 15) is 4.79 Å². The Bertz CT molecular complexity index is 281. The molecule has 0 radical (unpaired) electrons. The van der Waals surface area contributed by atoms with Gasteiger partial charge in [-0.25, -0.2) is 0 Å². The van der Waals surface area contributed by atoms with E-state index in [-0.39, 0.29) is 5.78 Å². The summed E-state index contributed by atoms with van der Waals surface area (Å²) >= 11 is 0. The molecular formula is C9H14N2O2. The summed E-state index contributed by atoms with van der Waals surface area (Å²) in [4.78, 5) is 11.5. The number of nitrogens with zero attached hydrogens (tertiary/aromatic N) is 2. The summed E-state index contributed by atoms with van der Waals surface area (Å²) in [5, 5.41) is 4.02. The van der Waals surface area contributed by atoms with Crippen molar-refractivity contribution in [1.29, 1.82) is 0 Å². The van der Waals surface area contributed by atoms with E-state index in [1.54, 1.807) is 24.1 Å². The van der Waals surface area contributed by atoms with Crippen LogP contribution in [0.25, 0.3) is 0 Å². The van der Waals surface area contributed by atoms with Crippen LogP contribution < -0.4 is 0 Å². The van der Waals surface area contributed by atoms with Gasteiger partial charge in [0, 0.05) is 26.3 Å². The van der Waals surface area contributed by atoms with Crippen molar-refractivity contribution >= 4 is 5.78 Å². The monoisotopic (exact) mass is 182 g/mol. The lowest BCUT2D eigenvalue weighted by atomic mass is 10.2. The van der Waals surface area contributed by atoms with Crippen LogP contribution in [0.3, 0.4) is 0 Å². The number of aryl methyl sites for hydroxylation is 1. The number of carbonyl (C=O) groups excluding carboxylic acids is 1. The number of rotatable bonds is 5. The van der Waals surface area contributed by atoms with Crippen LogP contribution in [-0.4, -0.2) is 29.3 Å². The predicted octanol–water partition coefficient (Wildman–Crippen LogP) is 1.12. The minimum absolute atomic E-state index is 0.0844. The number of hydrogen-bond acceptors (Lipinski definition) is 3. The van der Waals surface area contributed by atoms with Gasteiger partial charge in [-0.2, -0.15) is 5.10 Å². The van der Waals surface area contributed by atoms with Gasteiger partial charge in [0.05, 0.1) is 6.61 Å². The van der Waals surface area contributed by atoms with Crippen LogP contribution in [0.15, 0.2) is 12.3 Å². The fourth-order valence-electron chi connectivity index (χ4n) is 1.14. The van der Waals surface area contributed by atoms with Crippen molar-refractivity contribution in [1.82, 2.24) is 9.78 Å². The van der Waals surface area contributed by atoms with Crippen molar-refractivity contribution in [2.75, 3.05) is 13.7 Å². The Hall–Kier alpha value is -1.16. The smallest absolute Gasteiger partial charge is 0.183 e. The lowest BCUT2D eigenvalue weighted by molar-refractivity contribution is 0.0922. The summed E-state index contributed by atoms with van der Waals surface area (Å²) in [6.45, 7) is 3.15. The molecule has 0 N–H and O–H groups in total. The number of ketones is 1. The lowest BCUT2D eigenvalue weighted by Gasteiger charge is -2.02. The van der Waals surface area contributed by atoms with Crippen LogP contribution in [0.2, 0.25) is 0 Å². The van der Waals surface area contributed by atoms with Gasteiger partial charge in [0.2, 0.25) is 0 Å². The summed E-state index contributed by atoms with van der Waals surface area (Å²) < 4.78 is 6.53. The van der Waals surface area contributed by atoms with E-state index in [1.165, 1.54) is 0 Å². The Morgan fingerprint density at radius 3 is 3.08 bits per heavy atom. The largest absolute Gasteiger partial charge is 0.384 e. The third kappa shape index (κ3) is 2.39. The molecule has 0 amide bonds. The van der Waals surface area contributed by atoms with Crippen molar-refractivity contribution in [2.24, 2.45) is 0 Å². The van der Waals surface area contributed by atoms with Gasteiger partial charge >= 0.3 is 0 Å². The molecule has 4 heteroatoms. The molecule has 1 rings (SSSR count). The normalized spacial score (nSPS) is 10.3. The van der Waals surface area contributed by atoms with Crippen LogP contribution in [-0.2, 0) is 11.3 Å². The zero-order valence-corrected chi connectivity index (χ0v) is 7.99. The van der Waals surface area contributed by atoms with Crippen molar-refractivity contribution in [3.8, 4) is 0 Å². The summed E-state index contributed by atoms with van der Waals surface area (Å²) in [5.74, 6) is 0.0844. The van der Waals surface area contributed by atoms with E-state index < -0.39 is 0 Å². The molecule has 0 saturated heterocycles. The van der Waals surface area contributed by atoms with E-state index in [0.29, 0.717) is 18.7 Å². The molecule has 4 nitrogen and oxygen atoms in total. The summed E-state index contributed by atoms with van der Waals surface area (Å²) in [6.07, 6.45) is 2.06. The fraction of sp³-hybridized carbons (Fsp3) is 0.556. The molecule has 0 aromatic carbocycles. The number of methoxy groups -OCH3 is 1. The Labute approximate surface area is 77.5 Å². The van der Waals surface area contributed by atoms with Gasteiger partial charge in [-0.3, -0.25) is 9.48 Å². The van der Waals surface area contributed by atoms with Crippen LogP contribution in [0, 0.1) is 0 Å². The molecule has 0 aliphatic rings. The van der Waals surface area contributed by atoms with E-state index in [1.807, 2.05) is 6.92 Å². The second kappa shape index (κ2) is 4.77. The van der Waals surface area contributed by atoms with E-state index in [0.717, 1.165) is 6.54 Å². The van der Waals surface area contributed by atoms with Crippen molar-refractivity contribution in [3.63, 3.8) is 0 Å². The minimum atomic E-state index is 0.0844. The predicted molar refractivity (Wildman–Crippen MR) is 48.7 cm³/mol. The third-order valence-electron chi connectivity index (χ3n) is 1.84. The van der Waals surface area contributed by atoms with Gasteiger partial charge in [-0.05, 0) is 13.0 Å². The second-order valence-corrected chi connectivity index (χ2v) is 2.70. The van der Waals surface area contributed by atoms with Crippen molar-refractivity contribution in [3.05, 3.63) is 18.0 Å². The van der Waals surface area contributed by atoms with Crippen LogP contribution >= 0.6 is 0 Å². The molecule has 0 bridgehead atoms. The molecule has 1 heterocycles. The number of aromatic nitrogens is 2. The molecule has 1 aromatic rings. The molecular weight excluding hydrogens is 168 g/mol. The Morgan fingerprint density at radius 2 is 2.46 bits per heavy atom. The number of Topliss-reactive ketones (excluding diaryl/α,β-unsaturated/α-hetero) is 1. The summed E-state index contributed by atoms with van der Waals surface area (Å²) in [7, 11) is 1.59. The fourth-order valence-corrected chi connectivity index (χ4v) is 1.14. The van der Waals surface area contributed by atoms with Gasteiger partial charge in [-0.1, -0.05) is 0 Å². The topological polar surface area (TPSA) is 44.1 Å². The highest BCUT2D eigenvalue weighted by molar-refractivity contribution is 5.94. The average molecular weight is 182 g/mol. The van der Waals surface area contributed by atoms with Gasteiger partial charge in [0.25, 0.3) is 0 Å². The quantitative estimate of drug-likeness (QED) is 0.641. The van der Waals surface area contributed by atoms with Gasteiger partial charge < -0.3 is 4.74 Å². The number of hydrogen-bond donors (Lipinski definition) is 0. The first kappa shape index (κ1) is 9.92. The van der Waals surface area contributed by atoms with Crippen LogP contribution in [0.1, 0.15) is 23.8 Å². The highest BCUT2D eigenvalue weighted by atomic mass is 16.5. The molecule has 0 aliphatic heterocycles. The molecule has 0 aliphatic carbocycles. The standard InChI is InChI=1S/C9H14N2O2/c1-3-11-8(4-6-10-11)9(12)5-7-13-2/h4,6H,3,5,7H2,1-2H3. The van der Waals surface area contributed by atoms with Crippen molar-refractivity contribution < 1.29 is 9.53 Å². The van der Waals surface area contributed by atoms with E-state index in [2.05, 4.69) is 5.10 Å². The number of ether oxygens (including phenoxy) is 1. The third-order valence-corrected chi connectivity index (χ3v) is 1.84. The molecule has 1 aromatic heterocycles. The highest BCUT2D eigenvalue weighted by Gasteiger charge is 2.09. The van der Waals surface area contributed by atoms with Crippen LogP contribution in [0.5, 0.6) is 0 Å². The van der Waals surface area contributed by atoms with Crippen LogP contribution in [0.4, 0.5) is 0 Å². The minimum Gasteiger partial charge on any atom is -0.384 e. The van der Waals surface area contributed by atoms with E-state index >= 15 is 0 Å². The molecule has 0 saturated carbocycles. The molecule has 72 valence electrons. The maximum Gasteiger partial charge on any atom is 0.183 e. The SMILES string of the molecule is CCn1nccc1C(=O)CCOC. The Balaban J connectivity index is 2.65. The van der Waals surface area contributed by atoms with Gasteiger partial charge in [-0.15, -0.1) is 0 Å². The summed E-state index contributed by atoms with van der Waals surface area (Å²) in [6, 6.07) is 1.74. The molecule has 0 fully saturated rings. The first-order chi connectivity index (χ1) is 6.29. The summed E-state index contributed by atoms with van der Waals surface area (Å²) in [5.41, 5.74) is 0.666. The first-order valence-corrected chi connectivity index (χ1v) is 4.33. The van der Waals surface area contributed by atoms with Gasteiger partial charge in [0.1, 0.15) is 5.69 Å². The lowest BCUT2D eigenvalue weighted by Crippen LogP contribution is -2.11. The second-order valence-electron chi connectivity index (χ2n) is 2.70. The molecule has 0 unspecified atom stereocenters. The zero-order valence-electron chi connectivity index (χ0n) is 7.99.